The average molecular weight is 347 g/mol. The van der Waals surface area contributed by atoms with Crippen LogP contribution in [0.15, 0.2) is 36.7 Å². The maximum absolute atomic E-state index is 12.1. The van der Waals surface area contributed by atoms with Crippen molar-refractivity contribution in [3.05, 3.63) is 53.3 Å². The number of rotatable bonds is 5. The minimum Gasteiger partial charge on any atom is -0.294 e. The van der Waals surface area contributed by atoms with Gasteiger partial charge in [-0.2, -0.15) is 5.10 Å². The SMILES string of the molecule is Cc1ccc(CCCN2CCS(=O)(=O)C[C@@H]2c2cnn(C)c2)cc1. The predicted octanol–water partition coefficient (Wildman–Crippen LogP) is 2.13. The summed E-state index contributed by atoms with van der Waals surface area (Å²) in [5.74, 6) is 0.456. The molecular weight excluding hydrogens is 322 g/mol. The second-order valence-corrected chi connectivity index (χ2v) is 8.93. The molecule has 1 atom stereocenters. The van der Waals surface area contributed by atoms with Gasteiger partial charge in [0.1, 0.15) is 0 Å². The van der Waals surface area contributed by atoms with Crippen LogP contribution < -0.4 is 0 Å². The van der Waals surface area contributed by atoms with E-state index in [2.05, 4.69) is 41.2 Å². The van der Waals surface area contributed by atoms with Gasteiger partial charge in [-0.1, -0.05) is 29.8 Å². The van der Waals surface area contributed by atoms with Crippen molar-refractivity contribution in [1.29, 1.82) is 0 Å². The van der Waals surface area contributed by atoms with Gasteiger partial charge in [-0.05, 0) is 31.9 Å². The first-order chi connectivity index (χ1) is 11.4. The molecule has 0 radical (unpaired) electrons. The van der Waals surface area contributed by atoms with Gasteiger partial charge in [0.15, 0.2) is 9.84 Å². The Morgan fingerprint density at radius 1 is 1.25 bits per heavy atom. The molecule has 5 nitrogen and oxygen atoms in total. The van der Waals surface area contributed by atoms with Crippen molar-refractivity contribution in [2.75, 3.05) is 24.6 Å². The first kappa shape index (κ1) is 17.2. The third-order valence-electron chi connectivity index (χ3n) is 4.68. The highest BCUT2D eigenvalue weighted by Crippen LogP contribution is 2.26. The molecule has 0 saturated carbocycles. The van der Waals surface area contributed by atoms with Gasteiger partial charge in [-0.25, -0.2) is 8.42 Å². The van der Waals surface area contributed by atoms with E-state index in [1.165, 1.54) is 11.1 Å². The lowest BCUT2D eigenvalue weighted by molar-refractivity contribution is 0.212. The molecule has 2 aromatic rings. The van der Waals surface area contributed by atoms with Crippen molar-refractivity contribution in [2.45, 2.75) is 25.8 Å². The number of aromatic nitrogens is 2. The van der Waals surface area contributed by atoms with E-state index in [4.69, 9.17) is 0 Å². The summed E-state index contributed by atoms with van der Waals surface area (Å²) in [7, 11) is -1.10. The average Bonchev–Trinajstić information content (AvgIpc) is 2.97. The van der Waals surface area contributed by atoms with E-state index < -0.39 is 9.84 Å². The zero-order chi connectivity index (χ0) is 17.2. The van der Waals surface area contributed by atoms with Gasteiger partial charge >= 0.3 is 0 Å². The molecule has 1 aliphatic rings. The van der Waals surface area contributed by atoms with Crippen LogP contribution in [0, 0.1) is 6.92 Å². The highest BCUT2D eigenvalue weighted by molar-refractivity contribution is 7.91. The molecule has 3 rings (SSSR count). The highest BCUT2D eigenvalue weighted by Gasteiger charge is 2.32. The van der Waals surface area contributed by atoms with Gasteiger partial charge in [-0.3, -0.25) is 9.58 Å². The van der Waals surface area contributed by atoms with E-state index in [1.54, 1.807) is 10.9 Å². The van der Waals surface area contributed by atoms with Crippen LogP contribution in [0.2, 0.25) is 0 Å². The zero-order valence-corrected chi connectivity index (χ0v) is 15.2. The fourth-order valence-corrected chi connectivity index (χ4v) is 4.83. The van der Waals surface area contributed by atoms with E-state index in [0.29, 0.717) is 6.54 Å². The van der Waals surface area contributed by atoms with Crippen LogP contribution in [0.1, 0.15) is 29.2 Å². The maximum Gasteiger partial charge on any atom is 0.153 e. The second-order valence-electron chi connectivity index (χ2n) is 6.70. The van der Waals surface area contributed by atoms with Crippen molar-refractivity contribution in [3.8, 4) is 0 Å². The normalized spacial score (nSPS) is 21.0. The van der Waals surface area contributed by atoms with Crippen LogP contribution in [0.25, 0.3) is 0 Å². The van der Waals surface area contributed by atoms with Crippen LogP contribution in [0.5, 0.6) is 0 Å². The van der Waals surface area contributed by atoms with E-state index in [9.17, 15) is 8.42 Å². The van der Waals surface area contributed by atoms with Crippen molar-refractivity contribution >= 4 is 9.84 Å². The molecule has 0 N–H and O–H groups in total. The molecule has 0 aliphatic carbocycles. The van der Waals surface area contributed by atoms with Gasteiger partial charge < -0.3 is 0 Å². The van der Waals surface area contributed by atoms with E-state index in [0.717, 1.165) is 24.9 Å². The van der Waals surface area contributed by atoms with Gasteiger partial charge in [-0.15, -0.1) is 0 Å². The molecule has 0 bridgehead atoms. The Morgan fingerprint density at radius 3 is 2.67 bits per heavy atom. The summed E-state index contributed by atoms with van der Waals surface area (Å²) < 4.78 is 25.9. The molecule has 2 heterocycles. The Kier molecular flexibility index (Phi) is 5.06. The molecule has 0 spiro atoms. The van der Waals surface area contributed by atoms with Crippen LogP contribution in [-0.4, -0.2) is 47.7 Å². The van der Waals surface area contributed by atoms with Crippen molar-refractivity contribution in [2.24, 2.45) is 7.05 Å². The molecule has 130 valence electrons. The van der Waals surface area contributed by atoms with Crippen molar-refractivity contribution in [3.63, 3.8) is 0 Å². The van der Waals surface area contributed by atoms with E-state index >= 15 is 0 Å². The quantitative estimate of drug-likeness (QED) is 0.831. The Balaban J connectivity index is 1.65. The topological polar surface area (TPSA) is 55.2 Å². The van der Waals surface area contributed by atoms with Gasteiger partial charge in [0, 0.05) is 25.4 Å². The second kappa shape index (κ2) is 7.07. The minimum absolute atomic E-state index is 0.0736. The molecule has 6 heteroatoms. The first-order valence-corrected chi connectivity index (χ1v) is 10.2. The summed E-state index contributed by atoms with van der Waals surface area (Å²) in [4.78, 5) is 2.30. The number of benzene rings is 1. The Morgan fingerprint density at radius 2 is 2.00 bits per heavy atom. The smallest absolute Gasteiger partial charge is 0.153 e. The molecular formula is C18H25N3O2S. The number of sulfone groups is 1. The van der Waals surface area contributed by atoms with Crippen LogP contribution in [0.4, 0.5) is 0 Å². The third-order valence-corrected chi connectivity index (χ3v) is 6.31. The predicted molar refractivity (Wildman–Crippen MR) is 95.7 cm³/mol. The van der Waals surface area contributed by atoms with Crippen molar-refractivity contribution < 1.29 is 8.42 Å². The van der Waals surface area contributed by atoms with E-state index in [1.807, 2.05) is 13.2 Å². The molecule has 0 amide bonds. The molecule has 24 heavy (non-hydrogen) atoms. The standard InChI is InChI=1S/C18H25N3O2S/c1-15-5-7-16(8-6-15)4-3-9-21-10-11-24(22,23)14-18(21)17-12-19-20(2)13-17/h5-8,12-13,18H,3-4,9-11,14H2,1-2H3/t18-/m1/s1. The lowest BCUT2D eigenvalue weighted by Crippen LogP contribution is -2.43. The summed E-state index contributed by atoms with van der Waals surface area (Å²) in [6.45, 7) is 3.61. The highest BCUT2D eigenvalue weighted by atomic mass is 32.2. The molecule has 1 fully saturated rings. The number of hydrogen-bond donors (Lipinski definition) is 0. The fraction of sp³-hybridized carbons (Fsp3) is 0.500. The summed E-state index contributed by atoms with van der Waals surface area (Å²) in [6, 6.07) is 8.56. The van der Waals surface area contributed by atoms with Crippen LogP contribution >= 0.6 is 0 Å². The van der Waals surface area contributed by atoms with Crippen molar-refractivity contribution in [1.82, 2.24) is 14.7 Å². The molecule has 1 aliphatic heterocycles. The number of hydrogen-bond acceptors (Lipinski definition) is 4. The molecule has 1 aromatic carbocycles. The largest absolute Gasteiger partial charge is 0.294 e. The molecule has 1 aromatic heterocycles. The summed E-state index contributed by atoms with van der Waals surface area (Å²) in [5, 5.41) is 4.21. The summed E-state index contributed by atoms with van der Waals surface area (Å²) >= 11 is 0. The lowest BCUT2D eigenvalue weighted by atomic mass is 10.1. The molecule has 1 saturated heterocycles. The van der Waals surface area contributed by atoms with E-state index in [-0.39, 0.29) is 17.5 Å². The lowest BCUT2D eigenvalue weighted by Gasteiger charge is -2.35. The monoisotopic (exact) mass is 347 g/mol. The zero-order valence-electron chi connectivity index (χ0n) is 14.4. The van der Waals surface area contributed by atoms with Gasteiger partial charge in [0.2, 0.25) is 0 Å². The third kappa shape index (κ3) is 4.24. The minimum atomic E-state index is -2.96. The number of aryl methyl sites for hydroxylation is 3. The Labute approximate surface area is 144 Å². The van der Waals surface area contributed by atoms with Gasteiger partial charge in [0.05, 0.1) is 23.7 Å². The molecule has 0 unspecified atom stereocenters. The first-order valence-electron chi connectivity index (χ1n) is 8.41. The Bertz CT molecular complexity index is 781. The van der Waals surface area contributed by atoms with Gasteiger partial charge in [0.25, 0.3) is 0 Å². The fourth-order valence-electron chi connectivity index (χ4n) is 3.27. The Hall–Kier alpha value is -1.66. The maximum atomic E-state index is 12.1. The van der Waals surface area contributed by atoms with Crippen LogP contribution in [0.3, 0.4) is 0 Å². The summed E-state index contributed by atoms with van der Waals surface area (Å²) in [6.07, 6.45) is 5.76. The number of nitrogens with zero attached hydrogens (tertiary/aromatic N) is 3. The van der Waals surface area contributed by atoms with Crippen LogP contribution in [-0.2, 0) is 23.3 Å². The summed E-state index contributed by atoms with van der Waals surface area (Å²) in [5.41, 5.74) is 3.61.